The largest absolute Gasteiger partial charge is 0.508 e. The van der Waals surface area contributed by atoms with Crippen LogP contribution in [0.2, 0.25) is 0 Å². The van der Waals surface area contributed by atoms with Gasteiger partial charge in [0, 0.05) is 99.3 Å². The van der Waals surface area contributed by atoms with Crippen LogP contribution in [0, 0.1) is 0 Å². The lowest BCUT2D eigenvalue weighted by Crippen LogP contribution is -2.61. The smallest absolute Gasteiger partial charge is 0.340 e. The Morgan fingerprint density at radius 2 is 1.18 bits per heavy atom. The number of hydrogen-bond acceptors (Lipinski definition) is 23. The number of benzene rings is 4. The number of fused-ring (bicyclic) bond motifs is 6. The van der Waals surface area contributed by atoms with Crippen molar-refractivity contribution < 1.29 is 127 Å². The zero-order valence-electron chi connectivity index (χ0n) is 63.0. The van der Waals surface area contributed by atoms with E-state index >= 15 is 0 Å². The Balaban J connectivity index is 0.735. The molecule has 39 heteroatoms. The fraction of sp³-hybridized carbons (Fsp3) is 0.455. The quantitative estimate of drug-likeness (QED) is 0.0135. The van der Waals surface area contributed by atoms with Crippen LogP contribution in [-0.4, -0.2) is 254 Å². The van der Waals surface area contributed by atoms with E-state index in [1.807, 2.05) is 0 Å². The average Bonchev–Trinajstić information content (AvgIpc) is 1.52. The molecule has 620 valence electrons. The number of anilines is 1. The highest BCUT2D eigenvalue weighted by atomic mass is 32.1. The second-order valence-corrected chi connectivity index (χ2v) is 29.3. The van der Waals surface area contributed by atoms with Crippen LogP contribution in [0.1, 0.15) is 160 Å². The van der Waals surface area contributed by atoms with Gasteiger partial charge in [-0.15, -0.1) is 0 Å². The van der Waals surface area contributed by atoms with Gasteiger partial charge < -0.3 is 118 Å². The minimum absolute atomic E-state index is 0.00353. The Hall–Kier alpha value is -12.7. The first-order chi connectivity index (χ1) is 55.1. The highest BCUT2D eigenvalue weighted by molar-refractivity contribution is 7.80. The summed E-state index contributed by atoms with van der Waals surface area (Å²) in [6.45, 7) is 2.55. The lowest BCUT2D eigenvalue weighted by molar-refractivity contribution is -0.149. The second kappa shape index (κ2) is 37.5. The molecule has 3 unspecified atom stereocenters. The number of esters is 1. The molecule has 6 aliphatic heterocycles. The lowest BCUT2D eigenvalue weighted by Gasteiger charge is -2.36. The van der Waals surface area contributed by atoms with Crippen molar-refractivity contribution in [2.75, 3.05) is 38.0 Å². The molecule has 4 saturated heterocycles. The van der Waals surface area contributed by atoms with Gasteiger partial charge in [0.15, 0.2) is 10.7 Å². The van der Waals surface area contributed by atoms with E-state index < -0.39 is 205 Å². The van der Waals surface area contributed by atoms with Crippen molar-refractivity contribution in [1.29, 1.82) is 0 Å². The molecule has 0 aromatic heterocycles. The predicted octanol–water partition coefficient (Wildman–Crippen LogP) is 1.06. The number of unbranched alkanes of at least 4 members (excludes halogenated alkanes) is 1. The van der Waals surface area contributed by atoms with Crippen molar-refractivity contribution in [3.63, 3.8) is 0 Å². The molecule has 4 fully saturated rings. The lowest BCUT2D eigenvalue weighted by atomic mass is 9.77. The van der Waals surface area contributed by atoms with Crippen molar-refractivity contribution in [3.05, 3.63) is 112 Å². The number of rotatable bonds is 34. The number of hydrogen-bond donors (Lipinski definition) is 16. The van der Waals surface area contributed by atoms with E-state index in [1.165, 1.54) is 48.2 Å². The normalized spacial score (nSPS) is 19.8. The van der Waals surface area contributed by atoms with E-state index in [-0.39, 0.29) is 116 Å². The van der Waals surface area contributed by atoms with E-state index in [0.29, 0.717) is 48.2 Å². The molecule has 116 heavy (non-hydrogen) atoms. The molecule has 11 atom stereocenters. The zero-order chi connectivity index (χ0) is 84.1. The first-order valence-corrected chi connectivity index (χ1v) is 38.1. The second-order valence-electron chi connectivity index (χ2n) is 28.9. The minimum atomic E-state index is -1.79. The van der Waals surface area contributed by atoms with Gasteiger partial charge in [0.2, 0.25) is 59.1 Å². The number of carboxylic acid groups (broad SMARTS) is 4. The highest BCUT2D eigenvalue weighted by Crippen LogP contribution is 2.57. The fourth-order valence-corrected chi connectivity index (χ4v) is 15.4. The number of nitrogens with zero attached hydrogens (tertiary/aromatic N) is 4. The number of aromatic hydroxyl groups is 3. The van der Waals surface area contributed by atoms with Crippen LogP contribution in [0.3, 0.4) is 0 Å². The molecule has 0 bridgehead atoms. The molecular weight excluding hydrogens is 1540 g/mol. The Morgan fingerprint density at radius 1 is 0.603 bits per heavy atom. The number of aliphatic hydroxyl groups excluding tert-OH is 1. The number of ether oxygens (including phenoxy) is 3. The van der Waals surface area contributed by atoms with Crippen molar-refractivity contribution >= 4 is 118 Å². The van der Waals surface area contributed by atoms with E-state index in [0.717, 1.165) is 40.0 Å². The third-order valence-corrected chi connectivity index (χ3v) is 21.2. The van der Waals surface area contributed by atoms with Crippen molar-refractivity contribution in [1.82, 2.24) is 51.5 Å². The summed E-state index contributed by atoms with van der Waals surface area (Å²) >= 11 is 5.63. The maximum absolute atomic E-state index is 14.9. The van der Waals surface area contributed by atoms with Crippen LogP contribution in [0.5, 0.6) is 28.7 Å². The number of amides is 10. The Bertz CT molecular complexity index is 4540. The van der Waals surface area contributed by atoms with Crippen molar-refractivity contribution in [2.45, 2.75) is 189 Å². The molecule has 6 heterocycles. The van der Waals surface area contributed by atoms with Gasteiger partial charge in [-0.25, -0.2) is 9.59 Å². The Labute approximate surface area is 667 Å². The number of likely N-dealkylation sites (tertiary alicyclic amines) is 4. The number of aliphatic carboxylic acids is 3. The Kier molecular flexibility index (Phi) is 27.7. The van der Waals surface area contributed by atoms with E-state index in [2.05, 4.69) is 37.2 Å². The first-order valence-electron chi connectivity index (χ1n) is 37.7. The molecule has 4 aromatic carbocycles. The summed E-state index contributed by atoms with van der Waals surface area (Å²) < 4.78 is 18.2. The number of carbonyl (C=O) groups is 15. The molecule has 0 radical (unpaired) electrons. The number of aliphatic hydroxyl groups is 1. The van der Waals surface area contributed by atoms with E-state index in [9.17, 15) is 113 Å². The summed E-state index contributed by atoms with van der Waals surface area (Å²) in [5.41, 5.74) is 5.70. The Morgan fingerprint density at radius 3 is 1.79 bits per heavy atom. The third-order valence-electron chi connectivity index (χ3n) is 21.0. The molecule has 10 rings (SSSR count). The molecule has 6 aliphatic rings. The van der Waals surface area contributed by atoms with Crippen molar-refractivity contribution in [2.24, 2.45) is 5.73 Å². The number of primary amides is 1. The maximum atomic E-state index is 14.9. The van der Waals surface area contributed by atoms with Crippen LogP contribution < -0.4 is 47.7 Å². The standard InChI is InChI=1S/C77H90N12O26S/c1-38(71(107)88-31-7-10-54(88)73(109)89-32-26-56(113-33-27-40-12-22-55(93)45(34-40)74(110)111)64(89)70(106)83-50(20-24-61(97)98)66(102)82-49(65(78)101)19-23-60(95)96)80-69(105)63(39(2)90)85-68(104)53-9-6-30-87(53)72(108)51(21-25-62(99)100)84-67(103)52-8-5-29-86(52)59(94)11-3-4-28-79-76(116)81-41-13-16-44-48(35-41)77(115-75(44)112)46-17-14-42(91)36-57(46)114-58-37-43(92)15-18-47(58)77/h12-18,22,27,33-39,49-54,56,63-64,90-93H,3-11,19-21,23-26,28-32H2,1-2H3,(H2,78,101)(H,80,105)(H,82,102)(H,83,106)(H,84,103)(H,85,104)(H,95,96)(H,97,98)(H,99,100)(H,110,111)(H2,79,81,116)/b33-27+/t38-,39?,49-,50-,51-,52-,53-,54?,56?,63-,64-/m0/s1. The van der Waals surface area contributed by atoms with Gasteiger partial charge in [-0.2, -0.15) is 0 Å². The van der Waals surface area contributed by atoms with Crippen LogP contribution in [-0.2, 0) is 77.4 Å². The van der Waals surface area contributed by atoms with Gasteiger partial charge in [-0.1, -0.05) is 6.07 Å². The summed E-state index contributed by atoms with van der Waals surface area (Å²) in [5.74, 6) is -15.5. The maximum Gasteiger partial charge on any atom is 0.340 e. The number of carbonyl (C=O) groups excluding carboxylic acids is 11. The highest BCUT2D eigenvalue weighted by Gasteiger charge is 2.55. The van der Waals surface area contributed by atoms with Gasteiger partial charge in [-0.3, -0.25) is 62.3 Å². The molecule has 4 aromatic rings. The van der Waals surface area contributed by atoms with Crippen LogP contribution >= 0.6 is 12.2 Å². The number of nitrogens with one attached hydrogen (secondary N) is 7. The third kappa shape index (κ3) is 19.9. The summed E-state index contributed by atoms with van der Waals surface area (Å²) in [7, 11) is 0. The minimum Gasteiger partial charge on any atom is -0.508 e. The van der Waals surface area contributed by atoms with Crippen molar-refractivity contribution in [3.8, 4) is 28.7 Å². The number of aromatic carboxylic acids is 1. The average molecular weight is 1630 g/mol. The molecule has 17 N–H and O–H groups in total. The van der Waals surface area contributed by atoms with Gasteiger partial charge in [0.05, 0.1) is 17.9 Å². The van der Waals surface area contributed by atoms with Gasteiger partial charge in [0.25, 0.3) is 0 Å². The zero-order valence-corrected chi connectivity index (χ0v) is 63.8. The molecule has 0 aliphatic carbocycles. The fourth-order valence-electron chi connectivity index (χ4n) is 15.2. The number of thiocarbonyl (C=S) groups is 1. The van der Waals surface area contributed by atoms with Gasteiger partial charge >= 0.3 is 29.8 Å². The monoisotopic (exact) mass is 1630 g/mol. The summed E-state index contributed by atoms with van der Waals surface area (Å²) in [5, 5.41) is 98.6. The number of carboxylic acids is 4. The molecular formula is C77H90N12O26S. The first kappa shape index (κ1) is 85.7. The summed E-state index contributed by atoms with van der Waals surface area (Å²) in [6, 6.07) is 3.77. The molecule has 10 amide bonds. The molecule has 1 spiro atoms. The van der Waals surface area contributed by atoms with Crippen LogP contribution in [0.25, 0.3) is 6.08 Å². The summed E-state index contributed by atoms with van der Waals surface area (Å²) in [6.07, 6.45) is -2.28. The van der Waals surface area contributed by atoms with Gasteiger partial charge in [-0.05, 0) is 163 Å². The topological polar surface area (TPSA) is 569 Å². The molecule has 0 saturated carbocycles. The SMILES string of the molecule is CC(O)[C@H](NC(=O)[C@@H]1CCCN1C(=O)[C@H](CCC(=O)O)NC(=O)[C@@H]1CCCN1C(=O)CCCCNC(=S)Nc1ccc2c(c1)C1(OC2=O)c2ccc(O)cc2Oc2cc(O)ccc21)C(=O)N[C@@H](C)C(=O)N1CCCC1C(=O)N1CCC(O/C=C/c2ccc(O)c(C(=O)O)c2)[C@H]1C(=O)N[C@@H](CCC(=O)O)C(=O)N[C@@H](CCC(=O)O)C(N)=O. The van der Waals surface area contributed by atoms with Crippen LogP contribution in [0.4, 0.5) is 5.69 Å². The van der Waals surface area contributed by atoms with Crippen LogP contribution in [0.15, 0.2) is 79.1 Å². The number of phenols is 3. The predicted molar refractivity (Wildman–Crippen MR) is 406 cm³/mol. The number of phenolic OH excluding ortho intramolecular Hbond substituents is 2. The van der Waals surface area contributed by atoms with Gasteiger partial charge in [0.1, 0.15) is 94.8 Å². The van der Waals surface area contributed by atoms with E-state index in [1.54, 1.807) is 30.3 Å². The number of nitrogens with two attached hydrogens (primary N) is 1. The summed E-state index contributed by atoms with van der Waals surface area (Å²) in [4.78, 5) is 206. The molecule has 38 nitrogen and oxygen atoms in total. The van der Waals surface area contributed by atoms with E-state index in [4.69, 9.17) is 32.2 Å².